The third-order valence-corrected chi connectivity index (χ3v) is 3.13. The molecule has 0 radical (unpaired) electrons. The van der Waals surface area contributed by atoms with Crippen LogP contribution in [0, 0.1) is 11.6 Å². The molecular formula is C16H12F5NO2. The molecule has 0 unspecified atom stereocenters. The highest BCUT2D eigenvalue weighted by Crippen LogP contribution is 2.23. The minimum Gasteiger partial charge on any atom is -0.406 e. The Balaban J connectivity index is 2.06. The van der Waals surface area contributed by atoms with Gasteiger partial charge in [0, 0.05) is 17.2 Å². The Hall–Kier alpha value is -2.64. The van der Waals surface area contributed by atoms with Gasteiger partial charge in [0.25, 0.3) is 5.91 Å². The molecule has 0 aromatic heterocycles. The third-order valence-electron chi connectivity index (χ3n) is 3.13. The lowest BCUT2D eigenvalue weighted by atomic mass is 10.1. The Bertz CT molecular complexity index is 728. The van der Waals surface area contributed by atoms with Gasteiger partial charge in [-0.25, -0.2) is 8.78 Å². The van der Waals surface area contributed by atoms with Gasteiger partial charge < -0.3 is 10.1 Å². The van der Waals surface area contributed by atoms with Gasteiger partial charge >= 0.3 is 6.36 Å². The predicted octanol–water partition coefficient (Wildman–Crippen LogP) is 4.35. The first-order valence-electron chi connectivity index (χ1n) is 6.77. The monoisotopic (exact) mass is 345 g/mol. The number of hydrogen-bond acceptors (Lipinski definition) is 2. The van der Waals surface area contributed by atoms with E-state index in [1.807, 2.05) is 0 Å². The maximum atomic E-state index is 13.6. The summed E-state index contributed by atoms with van der Waals surface area (Å²) in [5, 5.41) is 2.48. The molecule has 1 N–H and O–H groups in total. The fourth-order valence-electron chi connectivity index (χ4n) is 2.02. The van der Waals surface area contributed by atoms with Crippen LogP contribution in [0.2, 0.25) is 0 Å². The molecule has 2 aromatic carbocycles. The average molecular weight is 345 g/mol. The molecule has 0 fully saturated rings. The molecule has 0 bridgehead atoms. The number of rotatable bonds is 4. The average Bonchev–Trinajstić information content (AvgIpc) is 2.45. The number of amides is 1. The second-order valence-corrected chi connectivity index (χ2v) is 4.93. The third kappa shape index (κ3) is 4.68. The van der Waals surface area contributed by atoms with Gasteiger partial charge in [0.1, 0.15) is 17.4 Å². The van der Waals surface area contributed by atoms with Crippen molar-refractivity contribution in [2.24, 2.45) is 0 Å². The molecule has 1 atom stereocenters. The van der Waals surface area contributed by atoms with Crippen LogP contribution in [0.5, 0.6) is 5.75 Å². The quantitative estimate of drug-likeness (QED) is 0.837. The van der Waals surface area contributed by atoms with E-state index in [0.29, 0.717) is 6.07 Å². The highest BCUT2D eigenvalue weighted by molar-refractivity contribution is 5.94. The van der Waals surface area contributed by atoms with E-state index in [4.69, 9.17) is 0 Å². The van der Waals surface area contributed by atoms with Gasteiger partial charge in [0.15, 0.2) is 0 Å². The molecule has 8 heteroatoms. The van der Waals surface area contributed by atoms with Crippen LogP contribution in [0.3, 0.4) is 0 Å². The van der Waals surface area contributed by atoms with E-state index in [1.165, 1.54) is 13.0 Å². The summed E-state index contributed by atoms with van der Waals surface area (Å²) in [6.45, 7) is 1.50. The molecule has 3 nitrogen and oxygen atoms in total. The Kier molecular flexibility index (Phi) is 5.06. The minimum absolute atomic E-state index is 0.0684. The van der Waals surface area contributed by atoms with E-state index < -0.39 is 35.7 Å². The summed E-state index contributed by atoms with van der Waals surface area (Å²) < 4.78 is 66.4. The van der Waals surface area contributed by atoms with Crippen molar-refractivity contribution in [2.45, 2.75) is 19.3 Å². The van der Waals surface area contributed by atoms with Crippen molar-refractivity contribution in [3.8, 4) is 5.75 Å². The van der Waals surface area contributed by atoms with Gasteiger partial charge in [0.2, 0.25) is 0 Å². The van der Waals surface area contributed by atoms with E-state index in [9.17, 15) is 26.7 Å². The first-order chi connectivity index (χ1) is 11.2. The standard InChI is InChI=1S/C16H12F5NO2/c1-9(13-7-4-11(17)8-14(13)18)22-15(23)10-2-5-12(6-3-10)24-16(19,20)21/h2-9H,1H3,(H,22,23)/t9-/m1/s1. The number of carbonyl (C=O) groups excluding carboxylic acids is 1. The van der Waals surface area contributed by atoms with Crippen molar-refractivity contribution in [3.63, 3.8) is 0 Å². The summed E-state index contributed by atoms with van der Waals surface area (Å²) in [6, 6.07) is 6.47. The van der Waals surface area contributed by atoms with Crippen LogP contribution in [0.4, 0.5) is 22.0 Å². The van der Waals surface area contributed by atoms with Gasteiger partial charge in [0.05, 0.1) is 6.04 Å². The zero-order chi connectivity index (χ0) is 17.9. The number of halogens is 5. The fourth-order valence-corrected chi connectivity index (χ4v) is 2.02. The van der Waals surface area contributed by atoms with Crippen molar-refractivity contribution in [3.05, 3.63) is 65.2 Å². The molecule has 1 amide bonds. The zero-order valence-corrected chi connectivity index (χ0v) is 12.3. The number of ether oxygens (including phenoxy) is 1. The fraction of sp³-hybridized carbons (Fsp3) is 0.188. The summed E-state index contributed by atoms with van der Waals surface area (Å²) >= 11 is 0. The second kappa shape index (κ2) is 6.86. The van der Waals surface area contributed by atoms with Crippen molar-refractivity contribution >= 4 is 5.91 Å². The van der Waals surface area contributed by atoms with Crippen LogP contribution in [0.1, 0.15) is 28.9 Å². The Morgan fingerprint density at radius 1 is 1.08 bits per heavy atom. The SMILES string of the molecule is C[C@@H](NC(=O)c1ccc(OC(F)(F)F)cc1)c1ccc(F)cc1F. The zero-order valence-electron chi connectivity index (χ0n) is 12.3. The number of benzene rings is 2. The Labute approximate surface area is 134 Å². The number of nitrogens with one attached hydrogen (secondary N) is 1. The largest absolute Gasteiger partial charge is 0.573 e. The van der Waals surface area contributed by atoms with Gasteiger partial charge in [-0.3, -0.25) is 4.79 Å². The van der Waals surface area contributed by atoms with Crippen molar-refractivity contribution in [2.75, 3.05) is 0 Å². The molecule has 2 aromatic rings. The van der Waals surface area contributed by atoms with Crippen molar-refractivity contribution < 1.29 is 31.5 Å². The Morgan fingerprint density at radius 3 is 2.25 bits per heavy atom. The van der Waals surface area contributed by atoms with Crippen LogP contribution in [-0.4, -0.2) is 12.3 Å². The normalized spacial score (nSPS) is 12.6. The molecule has 0 aliphatic heterocycles. The summed E-state index contributed by atoms with van der Waals surface area (Å²) in [4.78, 5) is 12.0. The van der Waals surface area contributed by atoms with Gasteiger partial charge in [-0.1, -0.05) is 6.07 Å². The van der Waals surface area contributed by atoms with Gasteiger partial charge in [-0.2, -0.15) is 0 Å². The van der Waals surface area contributed by atoms with Crippen LogP contribution >= 0.6 is 0 Å². The van der Waals surface area contributed by atoms with E-state index in [1.54, 1.807) is 0 Å². The lowest BCUT2D eigenvalue weighted by Gasteiger charge is -2.15. The van der Waals surface area contributed by atoms with E-state index in [-0.39, 0.29) is 11.1 Å². The van der Waals surface area contributed by atoms with Crippen LogP contribution in [0.25, 0.3) is 0 Å². The molecule has 128 valence electrons. The molecule has 0 saturated heterocycles. The molecule has 0 aliphatic rings. The molecule has 24 heavy (non-hydrogen) atoms. The molecular weight excluding hydrogens is 333 g/mol. The Morgan fingerprint density at radius 2 is 1.71 bits per heavy atom. The van der Waals surface area contributed by atoms with Crippen LogP contribution in [-0.2, 0) is 0 Å². The van der Waals surface area contributed by atoms with Crippen LogP contribution < -0.4 is 10.1 Å². The maximum Gasteiger partial charge on any atom is 0.573 e. The second-order valence-electron chi connectivity index (χ2n) is 4.93. The molecule has 0 saturated carbocycles. The van der Waals surface area contributed by atoms with Crippen LogP contribution in [0.15, 0.2) is 42.5 Å². The highest BCUT2D eigenvalue weighted by atomic mass is 19.4. The first-order valence-corrected chi connectivity index (χ1v) is 6.77. The maximum absolute atomic E-state index is 13.6. The van der Waals surface area contributed by atoms with Gasteiger partial charge in [-0.15, -0.1) is 13.2 Å². The summed E-state index contributed by atoms with van der Waals surface area (Å²) in [5.74, 6) is -2.63. The molecule has 0 aliphatic carbocycles. The molecule has 2 rings (SSSR count). The minimum atomic E-state index is -4.82. The summed E-state index contributed by atoms with van der Waals surface area (Å²) in [7, 11) is 0. The molecule has 0 heterocycles. The number of hydrogen-bond donors (Lipinski definition) is 1. The number of alkyl halides is 3. The van der Waals surface area contributed by atoms with Crippen molar-refractivity contribution in [1.82, 2.24) is 5.32 Å². The summed E-state index contributed by atoms with van der Waals surface area (Å²) in [5.41, 5.74) is 0.153. The lowest BCUT2D eigenvalue weighted by Crippen LogP contribution is -2.27. The number of carbonyl (C=O) groups is 1. The van der Waals surface area contributed by atoms with E-state index in [0.717, 1.165) is 30.3 Å². The first kappa shape index (κ1) is 17.7. The molecule has 0 spiro atoms. The smallest absolute Gasteiger partial charge is 0.406 e. The van der Waals surface area contributed by atoms with E-state index in [2.05, 4.69) is 10.1 Å². The van der Waals surface area contributed by atoms with Gasteiger partial charge in [-0.05, 0) is 37.3 Å². The predicted molar refractivity (Wildman–Crippen MR) is 75.4 cm³/mol. The van der Waals surface area contributed by atoms with Crippen molar-refractivity contribution in [1.29, 1.82) is 0 Å². The highest BCUT2D eigenvalue weighted by Gasteiger charge is 2.31. The topological polar surface area (TPSA) is 38.3 Å². The van der Waals surface area contributed by atoms with E-state index >= 15 is 0 Å². The lowest BCUT2D eigenvalue weighted by molar-refractivity contribution is -0.274. The summed E-state index contributed by atoms with van der Waals surface area (Å²) in [6.07, 6.45) is -4.82.